The molecule has 0 aromatic carbocycles. The average molecular weight is 265 g/mol. The highest BCUT2D eigenvalue weighted by molar-refractivity contribution is 6.05. The number of nitrogens with one attached hydrogen (secondary N) is 1. The number of hydrogen-bond acceptors (Lipinski definition) is 4. The second-order valence-electron chi connectivity index (χ2n) is 4.09. The minimum Gasteiger partial charge on any atom is -0.478 e. The van der Waals surface area contributed by atoms with Crippen LogP contribution in [0, 0.1) is 0 Å². The van der Waals surface area contributed by atoms with Crippen molar-refractivity contribution in [3.8, 4) is 0 Å². The van der Waals surface area contributed by atoms with Crippen molar-refractivity contribution in [2.45, 2.75) is 6.42 Å². The summed E-state index contributed by atoms with van der Waals surface area (Å²) in [6.07, 6.45) is 1.23. The van der Waals surface area contributed by atoms with Crippen LogP contribution in [-0.4, -0.2) is 34.1 Å². The van der Waals surface area contributed by atoms with Crippen LogP contribution in [0.3, 0.4) is 0 Å². The van der Waals surface area contributed by atoms with Crippen molar-refractivity contribution in [1.29, 1.82) is 0 Å². The molecule has 2 heterocycles. The number of nitrogens with zero attached hydrogens (tertiary/aromatic N) is 2. The summed E-state index contributed by atoms with van der Waals surface area (Å²) in [6, 6.07) is 0.399. The summed E-state index contributed by atoms with van der Waals surface area (Å²) in [4.78, 5) is 46.6. The summed E-state index contributed by atoms with van der Waals surface area (Å²) >= 11 is 0. The predicted octanol–water partition coefficient (Wildman–Crippen LogP) is -0.470. The Kier molecular flexibility index (Phi) is 3.07. The number of carboxylic acids is 1. The standard InChI is InChI=1S/C11H11N3O5/c1-13-5-6(10(17)18)4-7(9(13)16)14-3-2-8(15)12-11(14)19/h4-5H,2-3H2,1H3,(H,17,18)(H,12,15,19). The molecule has 0 aliphatic carbocycles. The highest BCUT2D eigenvalue weighted by Crippen LogP contribution is 2.14. The van der Waals surface area contributed by atoms with Crippen molar-refractivity contribution in [2.75, 3.05) is 11.4 Å². The molecule has 0 bridgehead atoms. The van der Waals surface area contributed by atoms with Gasteiger partial charge in [0.05, 0.1) is 5.56 Å². The molecule has 2 rings (SSSR count). The molecular formula is C11H11N3O5. The third-order valence-corrected chi connectivity index (χ3v) is 2.76. The Balaban J connectivity index is 2.50. The number of anilines is 1. The Morgan fingerprint density at radius 1 is 1.37 bits per heavy atom. The normalized spacial score (nSPS) is 15.3. The molecule has 1 aliphatic rings. The zero-order chi connectivity index (χ0) is 14.2. The van der Waals surface area contributed by atoms with Crippen molar-refractivity contribution in [2.24, 2.45) is 7.05 Å². The molecule has 1 aliphatic heterocycles. The Morgan fingerprint density at radius 2 is 2.05 bits per heavy atom. The highest BCUT2D eigenvalue weighted by Gasteiger charge is 2.27. The molecule has 0 saturated carbocycles. The van der Waals surface area contributed by atoms with Gasteiger partial charge in [0.25, 0.3) is 5.56 Å². The largest absolute Gasteiger partial charge is 0.478 e. The van der Waals surface area contributed by atoms with Gasteiger partial charge in [0, 0.05) is 26.2 Å². The molecule has 8 heteroatoms. The van der Waals surface area contributed by atoms with Crippen molar-refractivity contribution in [3.63, 3.8) is 0 Å². The van der Waals surface area contributed by atoms with Gasteiger partial charge in [0.1, 0.15) is 5.69 Å². The number of aromatic carboxylic acids is 1. The molecule has 1 fully saturated rings. The lowest BCUT2D eigenvalue weighted by molar-refractivity contribution is -0.120. The summed E-state index contributed by atoms with van der Waals surface area (Å²) in [7, 11) is 1.39. The summed E-state index contributed by atoms with van der Waals surface area (Å²) < 4.78 is 1.09. The van der Waals surface area contributed by atoms with Gasteiger partial charge in [-0.1, -0.05) is 0 Å². The Morgan fingerprint density at radius 3 is 2.63 bits per heavy atom. The molecule has 19 heavy (non-hydrogen) atoms. The molecule has 0 atom stereocenters. The van der Waals surface area contributed by atoms with Crippen molar-refractivity contribution < 1.29 is 19.5 Å². The first-order chi connectivity index (χ1) is 8.90. The van der Waals surface area contributed by atoms with E-state index in [1.807, 2.05) is 0 Å². The Bertz CT molecular complexity index is 634. The number of rotatable bonds is 2. The summed E-state index contributed by atoms with van der Waals surface area (Å²) in [6.45, 7) is 0.0446. The van der Waals surface area contributed by atoms with Crippen molar-refractivity contribution in [1.82, 2.24) is 9.88 Å². The summed E-state index contributed by atoms with van der Waals surface area (Å²) in [5.41, 5.74) is -0.677. The van der Waals surface area contributed by atoms with E-state index in [4.69, 9.17) is 5.11 Å². The number of aromatic nitrogens is 1. The lowest BCUT2D eigenvalue weighted by atomic mass is 10.2. The number of hydrogen-bond donors (Lipinski definition) is 2. The minimum atomic E-state index is -1.20. The quantitative estimate of drug-likeness (QED) is 0.751. The maximum absolute atomic E-state index is 11.9. The maximum atomic E-state index is 11.9. The monoisotopic (exact) mass is 265 g/mol. The third-order valence-electron chi connectivity index (χ3n) is 2.76. The number of carbonyl (C=O) groups excluding carboxylic acids is 2. The molecule has 1 aromatic heterocycles. The number of aryl methyl sites for hydroxylation is 1. The molecule has 1 saturated heterocycles. The van der Waals surface area contributed by atoms with E-state index < -0.39 is 23.5 Å². The lowest BCUT2D eigenvalue weighted by Crippen LogP contribution is -2.51. The van der Waals surface area contributed by atoms with Crippen LogP contribution in [0.1, 0.15) is 16.8 Å². The van der Waals surface area contributed by atoms with Gasteiger partial charge in [-0.25, -0.2) is 9.59 Å². The van der Waals surface area contributed by atoms with E-state index in [-0.39, 0.29) is 24.2 Å². The van der Waals surface area contributed by atoms with Gasteiger partial charge in [-0.05, 0) is 6.07 Å². The van der Waals surface area contributed by atoms with Gasteiger partial charge < -0.3 is 9.67 Å². The first-order valence-corrected chi connectivity index (χ1v) is 5.45. The van der Waals surface area contributed by atoms with Crippen LogP contribution in [0.25, 0.3) is 0 Å². The fourth-order valence-corrected chi connectivity index (χ4v) is 1.80. The van der Waals surface area contributed by atoms with Crippen LogP contribution in [0.5, 0.6) is 0 Å². The van der Waals surface area contributed by atoms with E-state index in [2.05, 4.69) is 5.32 Å². The number of pyridine rings is 1. The first kappa shape index (κ1) is 12.8. The smallest absolute Gasteiger partial charge is 0.337 e. The SMILES string of the molecule is Cn1cc(C(=O)O)cc(N2CCC(=O)NC2=O)c1=O. The van der Waals surface area contributed by atoms with Gasteiger partial charge in [-0.2, -0.15) is 0 Å². The molecule has 0 spiro atoms. The van der Waals surface area contributed by atoms with E-state index in [9.17, 15) is 19.2 Å². The number of carbonyl (C=O) groups is 3. The van der Waals surface area contributed by atoms with Crippen molar-refractivity contribution >= 4 is 23.6 Å². The molecule has 100 valence electrons. The van der Waals surface area contributed by atoms with Gasteiger partial charge in [-0.3, -0.25) is 19.8 Å². The average Bonchev–Trinajstić information content (AvgIpc) is 2.33. The molecule has 1 aromatic rings. The van der Waals surface area contributed by atoms with E-state index in [1.165, 1.54) is 13.2 Å². The van der Waals surface area contributed by atoms with Crippen LogP contribution in [0.4, 0.5) is 10.5 Å². The van der Waals surface area contributed by atoms with Crippen LogP contribution in [0.15, 0.2) is 17.1 Å². The van der Waals surface area contributed by atoms with Crippen LogP contribution >= 0.6 is 0 Å². The number of imide groups is 1. The van der Waals surface area contributed by atoms with Crippen LogP contribution < -0.4 is 15.8 Å². The molecule has 3 amide bonds. The fraction of sp³-hybridized carbons (Fsp3) is 0.273. The molecule has 8 nitrogen and oxygen atoms in total. The molecular weight excluding hydrogens is 254 g/mol. The Hall–Kier alpha value is -2.64. The topological polar surface area (TPSA) is 109 Å². The molecule has 0 radical (unpaired) electrons. The minimum absolute atomic E-state index is 0.0446. The number of urea groups is 1. The van der Waals surface area contributed by atoms with Crippen LogP contribution in [-0.2, 0) is 11.8 Å². The summed E-state index contributed by atoms with van der Waals surface area (Å²) in [5.74, 6) is -1.63. The predicted molar refractivity (Wildman–Crippen MR) is 64.1 cm³/mol. The Labute approximate surface area is 107 Å². The maximum Gasteiger partial charge on any atom is 0.337 e. The second kappa shape index (κ2) is 4.56. The van der Waals surface area contributed by atoms with Gasteiger partial charge in [0.2, 0.25) is 5.91 Å². The number of carboxylic acid groups (broad SMARTS) is 1. The highest BCUT2D eigenvalue weighted by atomic mass is 16.4. The van der Waals surface area contributed by atoms with E-state index in [0.29, 0.717) is 0 Å². The lowest BCUT2D eigenvalue weighted by Gasteiger charge is -2.26. The van der Waals surface area contributed by atoms with Crippen molar-refractivity contribution in [3.05, 3.63) is 28.2 Å². The van der Waals surface area contributed by atoms with E-state index >= 15 is 0 Å². The van der Waals surface area contributed by atoms with E-state index in [1.54, 1.807) is 0 Å². The van der Waals surface area contributed by atoms with Gasteiger partial charge in [0.15, 0.2) is 0 Å². The summed E-state index contributed by atoms with van der Waals surface area (Å²) in [5, 5.41) is 11.0. The fourth-order valence-electron chi connectivity index (χ4n) is 1.80. The molecule has 2 N–H and O–H groups in total. The van der Waals surface area contributed by atoms with Crippen LogP contribution in [0.2, 0.25) is 0 Å². The zero-order valence-corrected chi connectivity index (χ0v) is 10.0. The first-order valence-electron chi connectivity index (χ1n) is 5.45. The second-order valence-corrected chi connectivity index (χ2v) is 4.09. The number of amides is 3. The molecule has 0 unspecified atom stereocenters. The van der Waals surface area contributed by atoms with E-state index in [0.717, 1.165) is 15.5 Å². The zero-order valence-electron chi connectivity index (χ0n) is 10.0. The van der Waals surface area contributed by atoms with Gasteiger partial charge >= 0.3 is 12.0 Å². The van der Waals surface area contributed by atoms with Gasteiger partial charge in [-0.15, -0.1) is 0 Å². The third kappa shape index (κ3) is 2.32.